The highest BCUT2D eigenvalue weighted by Crippen LogP contribution is 2.48. The van der Waals surface area contributed by atoms with Gasteiger partial charge in [0.1, 0.15) is 5.82 Å². The highest BCUT2D eigenvalue weighted by Gasteiger charge is 2.46. The molecule has 0 aromatic carbocycles. The van der Waals surface area contributed by atoms with Crippen LogP contribution in [0.3, 0.4) is 0 Å². The molecule has 0 unspecified atom stereocenters. The first-order chi connectivity index (χ1) is 15.9. The monoisotopic (exact) mass is 469 g/mol. The summed E-state index contributed by atoms with van der Waals surface area (Å²) in [5.74, 6) is 1.90. The Morgan fingerprint density at radius 1 is 1.30 bits per heavy atom. The standard InChI is InChI=1S/C24H32ClN7O/c1-4-27-21-18(25)15(6-10-28-21)19-17-16(13-29-19)30-23(31(3)22(17)33)32-11-8-24(9-12-32)7-5-14(2)20(24)26/h6,10,14,20H,4-5,7-9,11-13,26H2,1-3H3,(H,27,28)/t14-,20-/m1/s1. The Bertz CT molecular complexity index is 1170. The van der Waals surface area contributed by atoms with Crippen molar-refractivity contribution in [2.24, 2.45) is 29.1 Å². The van der Waals surface area contributed by atoms with E-state index in [4.69, 9.17) is 22.3 Å². The van der Waals surface area contributed by atoms with Crippen LogP contribution in [0.4, 0.5) is 11.8 Å². The lowest BCUT2D eigenvalue weighted by atomic mass is 9.73. The summed E-state index contributed by atoms with van der Waals surface area (Å²) >= 11 is 6.61. The minimum atomic E-state index is -0.0874. The van der Waals surface area contributed by atoms with E-state index >= 15 is 0 Å². The average Bonchev–Trinajstić information content (AvgIpc) is 3.36. The highest BCUT2D eigenvalue weighted by molar-refractivity contribution is 6.37. The van der Waals surface area contributed by atoms with E-state index in [-0.39, 0.29) is 17.0 Å². The van der Waals surface area contributed by atoms with Crippen LogP contribution in [0.1, 0.15) is 56.4 Å². The van der Waals surface area contributed by atoms with E-state index in [2.05, 4.69) is 27.1 Å². The third-order valence-corrected chi connectivity index (χ3v) is 8.30. The zero-order valence-electron chi connectivity index (χ0n) is 19.6. The largest absolute Gasteiger partial charge is 0.369 e. The van der Waals surface area contributed by atoms with E-state index in [1.165, 1.54) is 12.8 Å². The molecule has 176 valence electrons. The molecule has 0 amide bonds. The fourth-order valence-electron chi connectivity index (χ4n) is 5.84. The van der Waals surface area contributed by atoms with Gasteiger partial charge in [0.25, 0.3) is 5.56 Å². The number of nitrogens with one attached hydrogen (secondary N) is 1. The van der Waals surface area contributed by atoms with Crippen molar-refractivity contribution in [2.45, 2.75) is 52.1 Å². The molecule has 9 heteroatoms. The number of aliphatic imine (C=N–C) groups is 1. The Morgan fingerprint density at radius 3 is 2.73 bits per heavy atom. The van der Waals surface area contributed by atoms with Crippen molar-refractivity contribution in [2.75, 3.05) is 29.9 Å². The predicted molar refractivity (Wildman–Crippen MR) is 132 cm³/mol. The van der Waals surface area contributed by atoms with E-state index in [0.717, 1.165) is 31.9 Å². The summed E-state index contributed by atoms with van der Waals surface area (Å²) in [6.07, 6.45) is 6.20. The van der Waals surface area contributed by atoms with Crippen molar-refractivity contribution in [1.82, 2.24) is 14.5 Å². The first-order valence-corrected chi connectivity index (χ1v) is 12.3. The van der Waals surface area contributed by atoms with Gasteiger partial charge in [-0.05, 0) is 50.0 Å². The second-order valence-electron chi connectivity index (χ2n) is 9.71. The molecular formula is C24H32ClN7O. The van der Waals surface area contributed by atoms with Gasteiger partial charge in [-0.25, -0.2) is 9.97 Å². The zero-order chi connectivity index (χ0) is 23.3. The Balaban J connectivity index is 1.44. The zero-order valence-corrected chi connectivity index (χ0v) is 20.3. The van der Waals surface area contributed by atoms with E-state index < -0.39 is 0 Å². The normalized spacial score (nSPS) is 23.7. The molecule has 33 heavy (non-hydrogen) atoms. The molecule has 8 nitrogen and oxygen atoms in total. The summed E-state index contributed by atoms with van der Waals surface area (Å²) in [5, 5.41) is 3.63. The van der Waals surface area contributed by atoms with Gasteiger partial charge in [0.15, 0.2) is 0 Å². The lowest BCUT2D eigenvalue weighted by Gasteiger charge is -2.43. The fraction of sp³-hybridized carbons (Fsp3) is 0.583. The van der Waals surface area contributed by atoms with Crippen LogP contribution in [0.25, 0.3) is 0 Å². The van der Waals surface area contributed by atoms with Gasteiger partial charge in [-0.1, -0.05) is 18.5 Å². The van der Waals surface area contributed by atoms with Gasteiger partial charge < -0.3 is 16.0 Å². The number of hydrogen-bond donors (Lipinski definition) is 2. The lowest BCUT2D eigenvalue weighted by molar-refractivity contribution is 0.185. The maximum Gasteiger partial charge on any atom is 0.264 e. The number of nitrogens with zero attached hydrogens (tertiary/aromatic N) is 5. The number of halogens is 1. The summed E-state index contributed by atoms with van der Waals surface area (Å²) in [6, 6.07) is 2.07. The van der Waals surface area contributed by atoms with Gasteiger partial charge in [-0.2, -0.15) is 0 Å². The Kier molecular flexibility index (Phi) is 5.69. The molecule has 2 aliphatic heterocycles. The quantitative estimate of drug-likeness (QED) is 0.713. The lowest BCUT2D eigenvalue weighted by Crippen LogP contribution is -2.49. The van der Waals surface area contributed by atoms with E-state index in [0.29, 0.717) is 52.4 Å². The van der Waals surface area contributed by atoms with Gasteiger partial charge in [-0.3, -0.25) is 14.4 Å². The topological polar surface area (TPSA) is 101 Å². The van der Waals surface area contributed by atoms with E-state index in [1.807, 2.05) is 6.92 Å². The minimum Gasteiger partial charge on any atom is -0.369 e. The number of fused-ring (bicyclic) bond motifs is 1. The Morgan fingerprint density at radius 2 is 2.06 bits per heavy atom. The molecule has 3 aliphatic rings. The van der Waals surface area contributed by atoms with Crippen LogP contribution in [-0.2, 0) is 13.6 Å². The van der Waals surface area contributed by atoms with Crippen LogP contribution in [0.5, 0.6) is 0 Å². The third kappa shape index (κ3) is 3.54. The van der Waals surface area contributed by atoms with Gasteiger partial charge >= 0.3 is 0 Å². The van der Waals surface area contributed by atoms with Gasteiger partial charge in [0.2, 0.25) is 5.95 Å². The number of piperidine rings is 1. The maximum atomic E-state index is 13.5. The van der Waals surface area contributed by atoms with Crippen molar-refractivity contribution >= 4 is 29.1 Å². The first kappa shape index (κ1) is 22.3. The number of aromatic nitrogens is 3. The molecule has 1 spiro atoms. The Labute approximate surface area is 199 Å². The molecule has 5 rings (SSSR count). The summed E-state index contributed by atoms with van der Waals surface area (Å²) < 4.78 is 1.66. The molecule has 2 aromatic rings. The minimum absolute atomic E-state index is 0.0874. The molecule has 2 aromatic heterocycles. The molecule has 1 saturated carbocycles. The van der Waals surface area contributed by atoms with Crippen molar-refractivity contribution in [3.63, 3.8) is 0 Å². The van der Waals surface area contributed by atoms with Crippen LogP contribution in [0, 0.1) is 11.3 Å². The molecule has 0 bridgehead atoms. The maximum absolute atomic E-state index is 13.5. The SMILES string of the molecule is CCNc1nccc(C2=NCc3nc(N4CCC5(CC[C@@H](C)[C@H]5N)CC4)n(C)c(=O)c32)c1Cl. The van der Waals surface area contributed by atoms with Crippen molar-refractivity contribution in [1.29, 1.82) is 0 Å². The summed E-state index contributed by atoms with van der Waals surface area (Å²) in [6.45, 7) is 7.07. The molecule has 3 N–H and O–H groups in total. The van der Waals surface area contributed by atoms with Crippen molar-refractivity contribution < 1.29 is 0 Å². The van der Waals surface area contributed by atoms with Crippen LogP contribution in [0.2, 0.25) is 5.02 Å². The smallest absolute Gasteiger partial charge is 0.264 e. The number of rotatable bonds is 4. The van der Waals surface area contributed by atoms with Gasteiger partial charge in [0.05, 0.1) is 28.5 Å². The Hall–Kier alpha value is -2.45. The number of pyridine rings is 1. The molecule has 2 atom stereocenters. The summed E-state index contributed by atoms with van der Waals surface area (Å²) in [4.78, 5) is 29.6. The molecule has 2 fully saturated rings. The number of anilines is 2. The average molecular weight is 470 g/mol. The number of nitrogens with two attached hydrogens (primary N) is 1. The first-order valence-electron chi connectivity index (χ1n) is 11.9. The van der Waals surface area contributed by atoms with Crippen LogP contribution in [0.15, 0.2) is 22.1 Å². The predicted octanol–water partition coefficient (Wildman–Crippen LogP) is 2.96. The second-order valence-corrected chi connectivity index (χ2v) is 10.1. The third-order valence-electron chi connectivity index (χ3n) is 7.91. The molecule has 1 aliphatic carbocycles. The van der Waals surface area contributed by atoms with Crippen LogP contribution >= 0.6 is 11.6 Å². The number of hydrogen-bond acceptors (Lipinski definition) is 7. The molecule has 1 saturated heterocycles. The van der Waals surface area contributed by atoms with Gasteiger partial charge in [-0.15, -0.1) is 0 Å². The van der Waals surface area contributed by atoms with Gasteiger partial charge in [0, 0.05) is 44.5 Å². The van der Waals surface area contributed by atoms with E-state index in [1.54, 1.807) is 23.9 Å². The van der Waals surface area contributed by atoms with Crippen LogP contribution < -0.4 is 21.5 Å². The van der Waals surface area contributed by atoms with Crippen molar-refractivity contribution in [3.8, 4) is 0 Å². The molecular weight excluding hydrogens is 438 g/mol. The fourth-order valence-corrected chi connectivity index (χ4v) is 6.11. The van der Waals surface area contributed by atoms with Crippen LogP contribution in [-0.4, -0.2) is 45.9 Å². The highest BCUT2D eigenvalue weighted by atomic mass is 35.5. The summed E-state index contributed by atoms with van der Waals surface area (Å²) in [5.41, 5.74) is 9.30. The second kappa shape index (κ2) is 8.40. The summed E-state index contributed by atoms with van der Waals surface area (Å²) in [7, 11) is 1.80. The van der Waals surface area contributed by atoms with E-state index in [9.17, 15) is 4.79 Å². The molecule has 4 heterocycles. The molecule has 0 radical (unpaired) electrons. The van der Waals surface area contributed by atoms with Crippen molar-refractivity contribution in [3.05, 3.63) is 44.5 Å².